The van der Waals surface area contributed by atoms with Crippen LogP contribution in [0.2, 0.25) is 0 Å². The van der Waals surface area contributed by atoms with Crippen LogP contribution in [0.25, 0.3) is 16.7 Å². The van der Waals surface area contributed by atoms with Gasteiger partial charge in [-0.2, -0.15) is 5.10 Å². The Hall–Kier alpha value is -4.59. The molecule has 0 N–H and O–H groups in total. The van der Waals surface area contributed by atoms with E-state index in [1.165, 1.54) is 23.3 Å². The van der Waals surface area contributed by atoms with Crippen molar-refractivity contribution in [3.8, 4) is 5.69 Å². The van der Waals surface area contributed by atoms with Gasteiger partial charge < -0.3 is 9.80 Å². The summed E-state index contributed by atoms with van der Waals surface area (Å²) in [6.07, 6.45) is 1.52. The first-order chi connectivity index (χ1) is 19.9. The molecule has 0 radical (unpaired) electrons. The summed E-state index contributed by atoms with van der Waals surface area (Å²) in [5.74, 6) is 1.27. The number of aromatic nitrogens is 4. The number of halogens is 1. The lowest BCUT2D eigenvalue weighted by atomic mass is 10.1. The second kappa shape index (κ2) is 11.1. The predicted molar refractivity (Wildman–Crippen MR) is 159 cm³/mol. The van der Waals surface area contributed by atoms with Gasteiger partial charge in [0.1, 0.15) is 17.5 Å². The molecule has 8 heteroatoms. The quantitative estimate of drug-likeness (QED) is 0.273. The van der Waals surface area contributed by atoms with E-state index in [0.29, 0.717) is 44.1 Å². The fourth-order valence-electron chi connectivity index (χ4n) is 5.35. The zero-order chi connectivity index (χ0) is 28.5. The molecule has 1 fully saturated rings. The van der Waals surface area contributed by atoms with Gasteiger partial charge in [-0.25, -0.2) is 19.0 Å². The van der Waals surface area contributed by atoms with Crippen molar-refractivity contribution >= 4 is 22.8 Å². The van der Waals surface area contributed by atoms with Gasteiger partial charge in [0.05, 0.1) is 16.8 Å². The minimum Gasteiger partial charge on any atom is -0.352 e. The summed E-state index contributed by atoms with van der Waals surface area (Å²) < 4.78 is 15.5. The van der Waals surface area contributed by atoms with Gasteiger partial charge in [0.25, 0.3) is 5.91 Å². The number of piperazine rings is 1. The summed E-state index contributed by atoms with van der Waals surface area (Å²) in [6, 6.07) is 22.6. The molecular weight excluding hydrogens is 515 g/mol. The summed E-state index contributed by atoms with van der Waals surface area (Å²) in [4.78, 5) is 27.4. The first-order valence-electron chi connectivity index (χ1n) is 14.1. The molecule has 7 nitrogen and oxygen atoms in total. The first-order valence-corrected chi connectivity index (χ1v) is 14.1. The molecule has 3 aromatic carbocycles. The molecule has 0 atom stereocenters. The van der Waals surface area contributed by atoms with E-state index in [1.54, 1.807) is 16.8 Å². The molecule has 1 amide bonds. The van der Waals surface area contributed by atoms with Gasteiger partial charge in [0.2, 0.25) is 0 Å². The number of fused-ring (bicyclic) bond motifs is 1. The summed E-state index contributed by atoms with van der Waals surface area (Å²) in [6.45, 7) is 8.62. The van der Waals surface area contributed by atoms with Crippen LogP contribution < -0.4 is 4.90 Å². The zero-order valence-electron chi connectivity index (χ0n) is 23.6. The second-order valence-electron chi connectivity index (χ2n) is 10.6. The lowest BCUT2D eigenvalue weighted by Gasteiger charge is -2.36. The molecule has 3 heterocycles. The normalized spacial score (nSPS) is 13.7. The number of benzene rings is 3. The highest BCUT2D eigenvalue weighted by atomic mass is 19.1. The maximum atomic E-state index is 13.7. The Morgan fingerprint density at radius 1 is 0.829 bits per heavy atom. The molecule has 1 aliphatic rings. The molecule has 5 aromatic rings. The lowest BCUT2D eigenvalue weighted by molar-refractivity contribution is 0.0746. The number of amides is 1. The van der Waals surface area contributed by atoms with Gasteiger partial charge in [0.15, 0.2) is 5.65 Å². The number of aryl methyl sites for hydroxylation is 3. The van der Waals surface area contributed by atoms with E-state index in [4.69, 9.17) is 15.1 Å². The highest BCUT2D eigenvalue weighted by Gasteiger charge is 2.27. The van der Waals surface area contributed by atoms with Crippen LogP contribution in [0.15, 0.2) is 72.8 Å². The molecule has 0 bridgehead atoms. The highest BCUT2D eigenvalue weighted by molar-refractivity contribution is 5.95. The van der Waals surface area contributed by atoms with E-state index in [-0.39, 0.29) is 11.7 Å². The van der Waals surface area contributed by atoms with Gasteiger partial charge in [-0.05, 0) is 67.8 Å². The smallest absolute Gasteiger partial charge is 0.253 e. The fourth-order valence-corrected chi connectivity index (χ4v) is 5.35. The van der Waals surface area contributed by atoms with Crippen LogP contribution in [0, 0.1) is 19.7 Å². The van der Waals surface area contributed by atoms with E-state index in [1.807, 2.05) is 36.1 Å². The highest BCUT2D eigenvalue weighted by Crippen LogP contribution is 2.30. The van der Waals surface area contributed by atoms with Crippen molar-refractivity contribution in [2.75, 3.05) is 31.1 Å². The standard InChI is InChI=1S/C33H33FN6O/c1-4-24-9-11-26(12-10-24)33(41)39-19-17-38(18-20-39)31-30-23(3)37-40(28-15-13-27(34)14-16-28)32(30)36-29(35-31)21-25-7-5-22(2)6-8-25/h5-16H,4,17-21H2,1-3H3. The maximum absolute atomic E-state index is 13.7. The third kappa shape index (κ3) is 5.42. The Labute approximate surface area is 239 Å². The Morgan fingerprint density at radius 2 is 1.49 bits per heavy atom. The van der Waals surface area contributed by atoms with Crippen LogP contribution in [0.5, 0.6) is 0 Å². The summed E-state index contributed by atoms with van der Waals surface area (Å²) in [7, 11) is 0. The van der Waals surface area contributed by atoms with Crippen molar-refractivity contribution in [3.63, 3.8) is 0 Å². The monoisotopic (exact) mass is 548 g/mol. The summed E-state index contributed by atoms with van der Waals surface area (Å²) in [5.41, 5.74) is 6.49. The van der Waals surface area contributed by atoms with E-state index in [9.17, 15) is 9.18 Å². The van der Waals surface area contributed by atoms with Gasteiger partial charge in [0, 0.05) is 38.2 Å². The predicted octanol–water partition coefficient (Wildman–Crippen LogP) is 5.69. The van der Waals surface area contributed by atoms with Crippen LogP contribution in [0.3, 0.4) is 0 Å². The van der Waals surface area contributed by atoms with Crippen LogP contribution in [0.4, 0.5) is 10.2 Å². The van der Waals surface area contributed by atoms with Crippen LogP contribution in [0.1, 0.15) is 45.5 Å². The topological polar surface area (TPSA) is 67.2 Å². The first kappa shape index (κ1) is 26.6. The van der Waals surface area contributed by atoms with Gasteiger partial charge in [-0.1, -0.05) is 48.9 Å². The van der Waals surface area contributed by atoms with Gasteiger partial charge in [-0.3, -0.25) is 4.79 Å². The van der Waals surface area contributed by atoms with Crippen molar-refractivity contribution in [3.05, 3.63) is 112 Å². The fraction of sp³-hybridized carbons (Fsp3) is 0.273. The van der Waals surface area contributed by atoms with Crippen molar-refractivity contribution < 1.29 is 9.18 Å². The molecule has 41 heavy (non-hydrogen) atoms. The van der Waals surface area contributed by atoms with Crippen LogP contribution in [-0.2, 0) is 12.8 Å². The third-order valence-corrected chi connectivity index (χ3v) is 7.76. The Balaban J connectivity index is 1.34. The van der Waals surface area contributed by atoms with Gasteiger partial charge >= 0.3 is 0 Å². The molecule has 1 saturated heterocycles. The van der Waals surface area contributed by atoms with Crippen LogP contribution in [-0.4, -0.2) is 56.7 Å². The number of carbonyl (C=O) groups excluding carboxylic acids is 1. The molecule has 0 unspecified atom stereocenters. The molecule has 1 aliphatic heterocycles. The zero-order valence-corrected chi connectivity index (χ0v) is 23.6. The largest absolute Gasteiger partial charge is 0.352 e. The van der Waals surface area contributed by atoms with E-state index >= 15 is 0 Å². The Bertz CT molecular complexity index is 1690. The Morgan fingerprint density at radius 3 is 2.15 bits per heavy atom. The number of carbonyl (C=O) groups is 1. The molecular formula is C33H33FN6O. The SMILES string of the molecule is CCc1ccc(C(=O)N2CCN(c3nc(Cc4ccc(C)cc4)nc4c3c(C)nn4-c3ccc(F)cc3)CC2)cc1. The maximum Gasteiger partial charge on any atom is 0.253 e. The van der Waals surface area contributed by atoms with E-state index in [0.717, 1.165) is 40.1 Å². The summed E-state index contributed by atoms with van der Waals surface area (Å²) in [5, 5.41) is 5.67. The molecule has 0 saturated carbocycles. The lowest BCUT2D eigenvalue weighted by Crippen LogP contribution is -2.49. The Kier molecular flexibility index (Phi) is 7.22. The average molecular weight is 549 g/mol. The second-order valence-corrected chi connectivity index (χ2v) is 10.6. The number of nitrogens with zero attached hydrogens (tertiary/aromatic N) is 6. The van der Waals surface area contributed by atoms with Crippen molar-refractivity contribution in [1.29, 1.82) is 0 Å². The minimum atomic E-state index is -0.300. The van der Waals surface area contributed by atoms with Crippen LogP contribution >= 0.6 is 0 Å². The number of anilines is 1. The molecule has 0 spiro atoms. The van der Waals surface area contributed by atoms with E-state index < -0.39 is 0 Å². The van der Waals surface area contributed by atoms with Gasteiger partial charge in [-0.15, -0.1) is 0 Å². The number of rotatable bonds is 6. The van der Waals surface area contributed by atoms with Crippen molar-refractivity contribution in [1.82, 2.24) is 24.6 Å². The minimum absolute atomic E-state index is 0.0560. The molecule has 208 valence electrons. The van der Waals surface area contributed by atoms with Crippen molar-refractivity contribution in [2.45, 2.75) is 33.6 Å². The van der Waals surface area contributed by atoms with Crippen molar-refractivity contribution in [2.24, 2.45) is 0 Å². The average Bonchev–Trinajstić information content (AvgIpc) is 3.34. The van der Waals surface area contributed by atoms with E-state index in [2.05, 4.69) is 43.0 Å². The molecule has 0 aliphatic carbocycles. The molecule has 2 aromatic heterocycles. The molecule has 6 rings (SSSR count). The summed E-state index contributed by atoms with van der Waals surface area (Å²) >= 11 is 0. The third-order valence-electron chi connectivity index (χ3n) is 7.76. The number of hydrogen-bond donors (Lipinski definition) is 0. The number of hydrogen-bond acceptors (Lipinski definition) is 5.